The molecule has 2 heterocycles. The molecule has 1 N–H and O–H groups in total. The molecule has 7 nitrogen and oxygen atoms in total. The molecule has 8 heteroatoms. The second-order valence-electron chi connectivity index (χ2n) is 6.40. The molecule has 1 aromatic heterocycles. The molecule has 1 aliphatic heterocycles. The third-order valence-electron chi connectivity index (χ3n) is 4.75. The smallest absolute Gasteiger partial charge is 0.235 e. The van der Waals surface area contributed by atoms with Crippen molar-refractivity contribution in [2.75, 3.05) is 32.4 Å². The first kappa shape index (κ1) is 19.2. The zero-order valence-corrected chi connectivity index (χ0v) is 17.2. The SMILES string of the molecule is COc1ccc(-n2cnc3c2C(c2ccc(OC)c(OC)c2)SCC(=O)N3)cc1. The van der Waals surface area contributed by atoms with Crippen LogP contribution in [-0.2, 0) is 4.79 Å². The monoisotopic (exact) mass is 411 g/mol. The van der Waals surface area contributed by atoms with Gasteiger partial charge in [-0.3, -0.25) is 9.36 Å². The van der Waals surface area contributed by atoms with Crippen molar-refractivity contribution in [3.05, 3.63) is 60.0 Å². The van der Waals surface area contributed by atoms with Crippen molar-refractivity contribution in [3.63, 3.8) is 0 Å². The Morgan fingerprint density at radius 1 is 1.03 bits per heavy atom. The van der Waals surface area contributed by atoms with Crippen LogP contribution in [0, 0.1) is 0 Å². The van der Waals surface area contributed by atoms with Crippen LogP contribution in [0.1, 0.15) is 16.5 Å². The number of imidazole rings is 1. The maximum absolute atomic E-state index is 12.2. The summed E-state index contributed by atoms with van der Waals surface area (Å²) in [6.45, 7) is 0. The van der Waals surface area contributed by atoms with Crippen LogP contribution in [-0.4, -0.2) is 42.5 Å². The van der Waals surface area contributed by atoms with Crippen LogP contribution in [0.15, 0.2) is 48.8 Å². The van der Waals surface area contributed by atoms with E-state index in [-0.39, 0.29) is 11.2 Å². The molecular formula is C21H21N3O4S. The molecule has 1 atom stereocenters. The molecule has 0 aliphatic carbocycles. The van der Waals surface area contributed by atoms with E-state index in [1.54, 1.807) is 39.4 Å². The van der Waals surface area contributed by atoms with E-state index in [0.29, 0.717) is 23.1 Å². The van der Waals surface area contributed by atoms with Crippen LogP contribution < -0.4 is 19.5 Å². The highest BCUT2D eigenvalue weighted by atomic mass is 32.2. The number of methoxy groups -OCH3 is 3. The van der Waals surface area contributed by atoms with Crippen molar-refractivity contribution >= 4 is 23.5 Å². The van der Waals surface area contributed by atoms with E-state index >= 15 is 0 Å². The lowest BCUT2D eigenvalue weighted by Crippen LogP contribution is -2.12. The quantitative estimate of drug-likeness (QED) is 0.691. The Labute approximate surface area is 173 Å². The molecule has 1 amide bonds. The number of aromatic nitrogens is 2. The van der Waals surface area contributed by atoms with Crippen molar-refractivity contribution in [3.8, 4) is 22.9 Å². The lowest BCUT2D eigenvalue weighted by molar-refractivity contribution is -0.113. The Bertz CT molecular complexity index is 1030. The van der Waals surface area contributed by atoms with E-state index < -0.39 is 0 Å². The molecule has 3 aromatic rings. The van der Waals surface area contributed by atoms with Gasteiger partial charge in [0.25, 0.3) is 0 Å². The topological polar surface area (TPSA) is 74.6 Å². The fourth-order valence-corrected chi connectivity index (χ4v) is 4.44. The van der Waals surface area contributed by atoms with Crippen molar-refractivity contribution < 1.29 is 19.0 Å². The number of carbonyl (C=O) groups is 1. The van der Waals surface area contributed by atoms with Crippen LogP contribution in [0.3, 0.4) is 0 Å². The Balaban J connectivity index is 1.83. The third-order valence-corrected chi connectivity index (χ3v) is 6.01. The zero-order chi connectivity index (χ0) is 20.4. The van der Waals surface area contributed by atoms with Crippen molar-refractivity contribution in [1.82, 2.24) is 9.55 Å². The minimum atomic E-state index is -0.117. The second kappa shape index (κ2) is 8.08. The van der Waals surface area contributed by atoms with Crippen LogP contribution in [0.2, 0.25) is 0 Å². The number of fused-ring (bicyclic) bond motifs is 1. The van der Waals surface area contributed by atoms with Gasteiger partial charge in [-0.2, -0.15) is 0 Å². The van der Waals surface area contributed by atoms with Gasteiger partial charge in [0.05, 0.1) is 38.0 Å². The van der Waals surface area contributed by atoms with E-state index in [1.807, 2.05) is 47.0 Å². The number of hydrogen-bond donors (Lipinski definition) is 1. The molecule has 0 saturated carbocycles. The maximum atomic E-state index is 12.2. The number of amides is 1. The van der Waals surface area contributed by atoms with Gasteiger partial charge in [-0.15, -0.1) is 11.8 Å². The van der Waals surface area contributed by atoms with Crippen LogP contribution in [0.25, 0.3) is 5.69 Å². The summed E-state index contributed by atoms with van der Waals surface area (Å²) in [5.74, 6) is 2.91. The number of nitrogens with one attached hydrogen (secondary N) is 1. The average Bonchev–Trinajstić information content (AvgIpc) is 3.09. The van der Waals surface area contributed by atoms with Gasteiger partial charge in [-0.25, -0.2) is 4.98 Å². The highest BCUT2D eigenvalue weighted by Gasteiger charge is 2.29. The van der Waals surface area contributed by atoms with Crippen molar-refractivity contribution in [1.29, 1.82) is 0 Å². The van der Waals surface area contributed by atoms with Crippen LogP contribution in [0.5, 0.6) is 17.2 Å². The summed E-state index contributed by atoms with van der Waals surface area (Å²) in [6, 6.07) is 13.5. The van der Waals surface area contributed by atoms with Gasteiger partial charge >= 0.3 is 0 Å². The van der Waals surface area contributed by atoms with E-state index in [2.05, 4.69) is 10.3 Å². The summed E-state index contributed by atoms with van der Waals surface area (Å²) in [7, 11) is 4.86. The largest absolute Gasteiger partial charge is 0.497 e. The predicted octanol–water partition coefficient (Wildman–Crippen LogP) is 3.67. The fourth-order valence-electron chi connectivity index (χ4n) is 3.33. The van der Waals surface area contributed by atoms with Crippen molar-refractivity contribution in [2.45, 2.75) is 5.25 Å². The number of carbonyl (C=O) groups excluding carboxylic acids is 1. The summed E-state index contributed by atoms with van der Waals surface area (Å²) in [4.78, 5) is 16.7. The number of ether oxygens (including phenoxy) is 3. The predicted molar refractivity (Wildman–Crippen MR) is 113 cm³/mol. The zero-order valence-electron chi connectivity index (χ0n) is 16.3. The maximum Gasteiger partial charge on any atom is 0.235 e. The Morgan fingerprint density at radius 3 is 2.48 bits per heavy atom. The minimum Gasteiger partial charge on any atom is -0.497 e. The summed E-state index contributed by atoms with van der Waals surface area (Å²) in [5, 5.41) is 2.80. The lowest BCUT2D eigenvalue weighted by Gasteiger charge is -2.19. The Kier molecular flexibility index (Phi) is 5.35. The van der Waals surface area contributed by atoms with Crippen molar-refractivity contribution in [2.24, 2.45) is 0 Å². The highest BCUT2D eigenvalue weighted by Crippen LogP contribution is 2.44. The molecule has 0 bridgehead atoms. The molecule has 1 aliphatic rings. The Hall–Kier alpha value is -3.13. The van der Waals surface area contributed by atoms with Gasteiger partial charge in [0.15, 0.2) is 17.3 Å². The average molecular weight is 411 g/mol. The molecule has 2 aromatic carbocycles. The van der Waals surface area contributed by atoms with Gasteiger partial charge in [-0.1, -0.05) is 6.07 Å². The second-order valence-corrected chi connectivity index (χ2v) is 7.49. The van der Waals surface area contributed by atoms with Gasteiger partial charge < -0.3 is 19.5 Å². The number of rotatable bonds is 5. The van der Waals surface area contributed by atoms with Gasteiger partial charge in [0, 0.05) is 5.69 Å². The van der Waals surface area contributed by atoms with E-state index in [0.717, 1.165) is 22.7 Å². The summed E-state index contributed by atoms with van der Waals surface area (Å²) < 4.78 is 18.1. The van der Waals surface area contributed by atoms with Gasteiger partial charge in [0.2, 0.25) is 5.91 Å². The molecular weight excluding hydrogens is 390 g/mol. The molecule has 29 heavy (non-hydrogen) atoms. The lowest BCUT2D eigenvalue weighted by atomic mass is 10.1. The number of hydrogen-bond acceptors (Lipinski definition) is 6. The van der Waals surface area contributed by atoms with E-state index in [1.165, 1.54) is 0 Å². The fraction of sp³-hybridized carbons (Fsp3) is 0.238. The summed E-state index contributed by atoms with van der Waals surface area (Å²) in [6.07, 6.45) is 1.73. The van der Waals surface area contributed by atoms with Crippen LogP contribution >= 0.6 is 11.8 Å². The Morgan fingerprint density at radius 2 is 1.79 bits per heavy atom. The molecule has 4 rings (SSSR count). The first-order valence-electron chi connectivity index (χ1n) is 8.99. The molecule has 0 fully saturated rings. The first-order valence-corrected chi connectivity index (χ1v) is 10.0. The molecule has 1 unspecified atom stereocenters. The van der Waals surface area contributed by atoms with Gasteiger partial charge in [0.1, 0.15) is 12.1 Å². The number of nitrogens with zero attached hydrogens (tertiary/aromatic N) is 2. The summed E-state index contributed by atoms with van der Waals surface area (Å²) in [5.41, 5.74) is 2.83. The number of benzene rings is 2. The molecule has 0 spiro atoms. The molecule has 0 radical (unpaired) electrons. The minimum absolute atomic E-state index is 0.0702. The van der Waals surface area contributed by atoms with E-state index in [9.17, 15) is 4.79 Å². The van der Waals surface area contributed by atoms with Gasteiger partial charge in [-0.05, 0) is 42.0 Å². The van der Waals surface area contributed by atoms with E-state index in [4.69, 9.17) is 14.2 Å². The number of thioether (sulfide) groups is 1. The van der Waals surface area contributed by atoms with Crippen LogP contribution in [0.4, 0.5) is 5.82 Å². The third kappa shape index (κ3) is 3.63. The summed E-state index contributed by atoms with van der Waals surface area (Å²) >= 11 is 1.55. The molecule has 150 valence electrons. The first-order chi connectivity index (χ1) is 14.1. The molecule has 0 saturated heterocycles. The highest BCUT2D eigenvalue weighted by molar-refractivity contribution is 8.00. The number of anilines is 1. The normalized spacial score (nSPS) is 15.8. The standard InChI is InChI=1S/C21H21N3O4S/c1-26-15-7-5-14(6-8-15)24-12-22-21-19(24)20(29-11-18(25)23-21)13-4-9-16(27-2)17(10-13)28-3/h4-10,12,20H,11H2,1-3H3,(H,23,25).